The molecule has 3 aromatic rings. The van der Waals surface area contributed by atoms with Crippen molar-refractivity contribution >= 4 is 21.9 Å². The van der Waals surface area contributed by atoms with Crippen LogP contribution in [0, 0.1) is 24.7 Å². The van der Waals surface area contributed by atoms with Crippen molar-refractivity contribution in [1.29, 1.82) is 0 Å². The van der Waals surface area contributed by atoms with E-state index >= 15 is 0 Å². The summed E-state index contributed by atoms with van der Waals surface area (Å²) in [6.07, 6.45) is 1.69. The highest BCUT2D eigenvalue weighted by atomic mass is 32.2. The molecule has 0 amide bonds. The molecular formula is C27H30N4O5S. The van der Waals surface area contributed by atoms with Gasteiger partial charge in [-0.15, -0.1) is 0 Å². The number of nitrogens with zero attached hydrogens (tertiary/aromatic N) is 3. The van der Waals surface area contributed by atoms with Gasteiger partial charge in [-0.25, -0.2) is 4.98 Å². The third kappa shape index (κ3) is 6.57. The molecular weight excluding hydrogens is 492 g/mol. The lowest BCUT2D eigenvalue weighted by Crippen LogP contribution is -2.55. The van der Waals surface area contributed by atoms with E-state index in [1.165, 1.54) is 4.31 Å². The number of carbonyl (C=O) groups is 1. The number of rotatable bonds is 7. The molecule has 2 heterocycles. The van der Waals surface area contributed by atoms with E-state index in [4.69, 9.17) is 4.42 Å². The van der Waals surface area contributed by atoms with Crippen LogP contribution in [-0.2, 0) is 15.0 Å². The monoisotopic (exact) mass is 522 g/mol. The highest BCUT2D eigenvalue weighted by molar-refractivity contribution is 7.87. The zero-order chi connectivity index (χ0) is 26.6. The van der Waals surface area contributed by atoms with E-state index in [0.717, 1.165) is 28.1 Å². The molecule has 0 spiro atoms. The van der Waals surface area contributed by atoms with Crippen molar-refractivity contribution < 1.29 is 22.7 Å². The summed E-state index contributed by atoms with van der Waals surface area (Å²) >= 11 is 0. The van der Waals surface area contributed by atoms with Gasteiger partial charge in [0.05, 0.1) is 6.20 Å². The molecule has 0 bridgehead atoms. The van der Waals surface area contributed by atoms with Crippen LogP contribution in [-0.4, -0.2) is 61.0 Å². The summed E-state index contributed by atoms with van der Waals surface area (Å²) < 4.78 is 34.6. The predicted octanol–water partition coefficient (Wildman–Crippen LogP) is 3.12. The molecule has 10 heteroatoms. The lowest BCUT2D eigenvalue weighted by atomic mass is 10.1. The van der Waals surface area contributed by atoms with Crippen LogP contribution in [0.4, 0.5) is 5.69 Å². The van der Waals surface area contributed by atoms with E-state index in [9.17, 15) is 18.3 Å². The van der Waals surface area contributed by atoms with Gasteiger partial charge in [-0.3, -0.25) is 4.79 Å². The summed E-state index contributed by atoms with van der Waals surface area (Å²) in [4.78, 5) is 17.8. The first-order valence-electron chi connectivity index (χ1n) is 12.0. The number of aryl methyl sites for hydroxylation is 1. The summed E-state index contributed by atoms with van der Waals surface area (Å²) in [5.41, 5.74) is 3.56. The molecule has 1 fully saturated rings. The van der Waals surface area contributed by atoms with E-state index in [0.29, 0.717) is 19.0 Å². The lowest BCUT2D eigenvalue weighted by molar-refractivity contribution is -0.140. The van der Waals surface area contributed by atoms with Crippen LogP contribution in [0.15, 0.2) is 59.1 Å². The number of benzene rings is 2. The van der Waals surface area contributed by atoms with Gasteiger partial charge < -0.3 is 14.4 Å². The minimum absolute atomic E-state index is 0.266. The zero-order valence-corrected chi connectivity index (χ0v) is 21.8. The van der Waals surface area contributed by atoms with Gasteiger partial charge in [0.2, 0.25) is 5.89 Å². The SMILES string of the molecule is Cc1cnc(-c2cccc(C#Cc3ccc(N4CCN(S(=O)(=O)N[C@@H](C(=O)O)C(C)C)CC4)cc3)c2)o1. The largest absolute Gasteiger partial charge is 0.480 e. The van der Waals surface area contributed by atoms with Crippen LogP contribution >= 0.6 is 0 Å². The fraction of sp³-hybridized carbons (Fsp3) is 0.333. The van der Waals surface area contributed by atoms with E-state index in [1.807, 2.05) is 55.5 Å². The number of carboxylic acid groups (broad SMARTS) is 1. The Morgan fingerprint density at radius 3 is 2.32 bits per heavy atom. The summed E-state index contributed by atoms with van der Waals surface area (Å²) in [5, 5.41) is 9.31. The highest BCUT2D eigenvalue weighted by Gasteiger charge is 2.32. The Balaban J connectivity index is 1.37. The zero-order valence-electron chi connectivity index (χ0n) is 21.0. The third-order valence-electron chi connectivity index (χ3n) is 6.10. The molecule has 1 aliphatic rings. The normalized spacial score (nSPS) is 15.3. The van der Waals surface area contributed by atoms with Crippen molar-refractivity contribution in [2.24, 2.45) is 5.92 Å². The standard InChI is InChI=1S/C27H30N4O5S/c1-19(2)25(27(32)33)29-37(34,35)31-15-13-30(14-16-31)24-11-9-21(10-12-24)7-8-22-5-4-6-23(17-22)26-28-18-20(3)36-26/h4-6,9-12,17-19,25,29H,13-16H2,1-3H3,(H,32,33)/t25-/m1/s1. The fourth-order valence-electron chi connectivity index (χ4n) is 4.01. The molecule has 1 saturated heterocycles. The number of oxazole rings is 1. The van der Waals surface area contributed by atoms with Crippen LogP contribution < -0.4 is 9.62 Å². The van der Waals surface area contributed by atoms with Gasteiger partial charge in [0.15, 0.2) is 0 Å². The molecule has 0 unspecified atom stereocenters. The lowest BCUT2D eigenvalue weighted by Gasteiger charge is -2.36. The van der Waals surface area contributed by atoms with E-state index in [1.54, 1.807) is 20.0 Å². The van der Waals surface area contributed by atoms with Crippen molar-refractivity contribution in [1.82, 2.24) is 14.0 Å². The summed E-state index contributed by atoms with van der Waals surface area (Å²) in [5.74, 6) is 6.12. The molecule has 0 saturated carbocycles. The number of aromatic nitrogens is 1. The Bertz CT molecular complexity index is 1410. The number of piperazine rings is 1. The second-order valence-corrected chi connectivity index (χ2v) is 10.9. The molecule has 9 nitrogen and oxygen atoms in total. The molecule has 4 rings (SSSR count). The quantitative estimate of drug-likeness (QED) is 0.458. The second-order valence-electron chi connectivity index (χ2n) is 9.22. The molecule has 194 valence electrons. The van der Waals surface area contributed by atoms with Crippen LogP contribution in [0.1, 0.15) is 30.7 Å². The first-order valence-corrected chi connectivity index (χ1v) is 13.5. The first kappa shape index (κ1) is 26.4. The van der Waals surface area contributed by atoms with E-state index in [2.05, 4.69) is 26.4 Å². The van der Waals surface area contributed by atoms with E-state index < -0.39 is 22.2 Å². The number of carboxylic acids is 1. The van der Waals surface area contributed by atoms with Gasteiger partial charge in [0, 0.05) is 48.6 Å². The van der Waals surface area contributed by atoms with Crippen molar-refractivity contribution in [2.75, 3.05) is 31.1 Å². The highest BCUT2D eigenvalue weighted by Crippen LogP contribution is 2.21. The number of hydrogen-bond acceptors (Lipinski definition) is 6. The molecule has 2 aromatic carbocycles. The first-order chi connectivity index (χ1) is 17.6. The van der Waals surface area contributed by atoms with Gasteiger partial charge in [-0.05, 0) is 55.3 Å². The Kier molecular flexibility index (Phi) is 7.97. The maximum Gasteiger partial charge on any atom is 0.322 e. The Hall–Kier alpha value is -3.65. The Morgan fingerprint density at radius 1 is 1.05 bits per heavy atom. The minimum Gasteiger partial charge on any atom is -0.480 e. The number of aliphatic carboxylic acids is 1. The average molecular weight is 523 g/mol. The third-order valence-corrected chi connectivity index (χ3v) is 7.70. The fourth-order valence-corrected chi connectivity index (χ4v) is 5.50. The Morgan fingerprint density at radius 2 is 1.73 bits per heavy atom. The second kappa shape index (κ2) is 11.2. The van der Waals surface area contributed by atoms with Gasteiger partial charge in [0.25, 0.3) is 10.2 Å². The molecule has 1 atom stereocenters. The maximum atomic E-state index is 12.7. The van der Waals surface area contributed by atoms with Crippen LogP contribution in [0.2, 0.25) is 0 Å². The smallest absolute Gasteiger partial charge is 0.322 e. The van der Waals surface area contributed by atoms with Crippen LogP contribution in [0.5, 0.6) is 0 Å². The van der Waals surface area contributed by atoms with Gasteiger partial charge in [-0.2, -0.15) is 17.4 Å². The summed E-state index contributed by atoms with van der Waals surface area (Å²) in [7, 11) is -3.89. The number of hydrogen-bond donors (Lipinski definition) is 2. The molecule has 0 aliphatic carbocycles. The maximum absolute atomic E-state index is 12.7. The van der Waals surface area contributed by atoms with Gasteiger partial charge in [-0.1, -0.05) is 31.8 Å². The van der Waals surface area contributed by atoms with Gasteiger partial charge >= 0.3 is 5.97 Å². The van der Waals surface area contributed by atoms with Crippen molar-refractivity contribution in [3.8, 4) is 23.3 Å². The van der Waals surface area contributed by atoms with Crippen molar-refractivity contribution in [3.63, 3.8) is 0 Å². The molecule has 1 aromatic heterocycles. The molecule has 0 radical (unpaired) electrons. The van der Waals surface area contributed by atoms with Crippen molar-refractivity contribution in [2.45, 2.75) is 26.8 Å². The van der Waals surface area contributed by atoms with Crippen molar-refractivity contribution in [3.05, 3.63) is 71.6 Å². The Labute approximate surface area is 217 Å². The van der Waals surface area contributed by atoms with Gasteiger partial charge in [0.1, 0.15) is 11.8 Å². The topological polar surface area (TPSA) is 116 Å². The predicted molar refractivity (Wildman–Crippen MR) is 141 cm³/mol. The van der Waals surface area contributed by atoms with Crippen LogP contribution in [0.25, 0.3) is 11.5 Å². The van der Waals surface area contributed by atoms with E-state index in [-0.39, 0.29) is 19.0 Å². The number of nitrogens with one attached hydrogen (secondary N) is 1. The summed E-state index contributed by atoms with van der Waals surface area (Å²) in [6, 6.07) is 14.4. The van der Waals surface area contributed by atoms with Crippen LogP contribution in [0.3, 0.4) is 0 Å². The number of anilines is 1. The molecule has 2 N–H and O–H groups in total. The minimum atomic E-state index is -3.89. The molecule has 37 heavy (non-hydrogen) atoms. The molecule has 1 aliphatic heterocycles. The summed E-state index contributed by atoms with van der Waals surface area (Å²) in [6.45, 7) is 6.72. The average Bonchev–Trinajstić information content (AvgIpc) is 3.33.